The maximum atomic E-state index is 5.85. The summed E-state index contributed by atoms with van der Waals surface area (Å²) >= 11 is 0. The van der Waals surface area contributed by atoms with Crippen molar-refractivity contribution in [3.63, 3.8) is 0 Å². The Morgan fingerprint density at radius 2 is 1.90 bits per heavy atom. The third kappa shape index (κ3) is 5.07. The van der Waals surface area contributed by atoms with Gasteiger partial charge in [-0.05, 0) is 36.7 Å². The first-order valence-electron chi connectivity index (χ1n) is 9.98. The summed E-state index contributed by atoms with van der Waals surface area (Å²) in [7, 11) is 0. The largest absolute Gasteiger partial charge is 0.379 e. The second-order valence-electron chi connectivity index (χ2n) is 7.02. The van der Waals surface area contributed by atoms with Crippen molar-refractivity contribution in [1.29, 1.82) is 0 Å². The molecule has 0 spiro atoms. The van der Waals surface area contributed by atoms with Crippen molar-refractivity contribution >= 4 is 11.8 Å². The molecule has 150 valence electrons. The Labute approximate surface area is 171 Å². The van der Waals surface area contributed by atoms with Crippen LogP contribution in [0.3, 0.4) is 0 Å². The molecular formula is C22H26N6O. The van der Waals surface area contributed by atoms with Crippen LogP contribution in [0.5, 0.6) is 0 Å². The van der Waals surface area contributed by atoms with Gasteiger partial charge < -0.3 is 15.8 Å². The van der Waals surface area contributed by atoms with Gasteiger partial charge in [-0.15, -0.1) is 0 Å². The summed E-state index contributed by atoms with van der Waals surface area (Å²) < 4.78 is 5.40. The molecule has 3 aromatic rings. The minimum atomic E-state index is 0.269. The topological polar surface area (TPSA) is 89.2 Å². The van der Waals surface area contributed by atoms with Gasteiger partial charge in [-0.3, -0.25) is 9.88 Å². The average Bonchev–Trinajstić information content (AvgIpc) is 2.78. The first kappa shape index (κ1) is 19.3. The standard InChI is InChI=1S/C22H26N6O/c23-22-26-16-19(17-5-3-6-18(15-17)20-7-1-2-8-24-20)21(27-22)25-9-4-10-28-11-13-29-14-12-28/h1-3,5-8,15-16H,4,9-14H2,(H3,23,25,26,27). The zero-order valence-corrected chi connectivity index (χ0v) is 16.4. The van der Waals surface area contributed by atoms with E-state index in [4.69, 9.17) is 10.5 Å². The smallest absolute Gasteiger partial charge is 0.221 e. The summed E-state index contributed by atoms with van der Waals surface area (Å²) in [6, 6.07) is 14.2. The van der Waals surface area contributed by atoms with Crippen molar-refractivity contribution in [2.75, 3.05) is 50.4 Å². The SMILES string of the molecule is Nc1ncc(-c2cccc(-c3ccccn3)c2)c(NCCCN2CCOCC2)n1. The normalized spacial score (nSPS) is 14.6. The first-order chi connectivity index (χ1) is 14.3. The summed E-state index contributed by atoms with van der Waals surface area (Å²) in [5.74, 6) is 1.03. The van der Waals surface area contributed by atoms with Crippen molar-refractivity contribution < 1.29 is 4.74 Å². The summed E-state index contributed by atoms with van der Waals surface area (Å²) in [6.07, 6.45) is 4.61. The molecule has 29 heavy (non-hydrogen) atoms. The van der Waals surface area contributed by atoms with Crippen LogP contribution in [0.2, 0.25) is 0 Å². The van der Waals surface area contributed by atoms with E-state index in [1.165, 1.54) is 0 Å². The Kier molecular flexibility index (Phi) is 6.29. The van der Waals surface area contributed by atoms with E-state index >= 15 is 0 Å². The van der Waals surface area contributed by atoms with Crippen LogP contribution in [-0.4, -0.2) is 59.2 Å². The van der Waals surface area contributed by atoms with Crippen LogP contribution in [0.1, 0.15) is 6.42 Å². The molecule has 0 bridgehead atoms. The molecule has 0 aliphatic carbocycles. The number of hydrogen-bond donors (Lipinski definition) is 2. The van der Waals surface area contributed by atoms with Gasteiger partial charge in [0.1, 0.15) is 5.82 Å². The molecule has 0 unspecified atom stereocenters. The number of morpholine rings is 1. The Bertz CT molecular complexity index is 928. The van der Waals surface area contributed by atoms with E-state index in [0.29, 0.717) is 0 Å². The molecule has 1 fully saturated rings. The molecule has 1 aromatic carbocycles. The summed E-state index contributed by atoms with van der Waals surface area (Å²) in [6.45, 7) is 5.53. The van der Waals surface area contributed by atoms with Gasteiger partial charge in [-0.2, -0.15) is 4.98 Å². The average molecular weight is 390 g/mol. The van der Waals surface area contributed by atoms with E-state index in [2.05, 4.69) is 43.4 Å². The maximum absolute atomic E-state index is 5.85. The molecule has 4 rings (SSSR count). The predicted molar refractivity (Wildman–Crippen MR) is 115 cm³/mol. The van der Waals surface area contributed by atoms with Gasteiger partial charge in [-0.1, -0.05) is 24.3 Å². The minimum Gasteiger partial charge on any atom is -0.379 e. The molecule has 1 aliphatic rings. The molecule has 1 aliphatic heterocycles. The number of anilines is 2. The number of nitrogens with one attached hydrogen (secondary N) is 1. The van der Waals surface area contributed by atoms with Gasteiger partial charge in [0.05, 0.1) is 18.9 Å². The first-order valence-corrected chi connectivity index (χ1v) is 9.98. The lowest BCUT2D eigenvalue weighted by Crippen LogP contribution is -2.37. The van der Waals surface area contributed by atoms with Crippen molar-refractivity contribution in [3.05, 3.63) is 54.9 Å². The highest BCUT2D eigenvalue weighted by Crippen LogP contribution is 2.29. The molecule has 3 heterocycles. The fourth-order valence-electron chi connectivity index (χ4n) is 3.46. The van der Waals surface area contributed by atoms with Crippen LogP contribution in [-0.2, 0) is 4.74 Å². The molecular weight excluding hydrogens is 364 g/mol. The van der Waals surface area contributed by atoms with Crippen LogP contribution < -0.4 is 11.1 Å². The second-order valence-corrected chi connectivity index (χ2v) is 7.02. The quantitative estimate of drug-likeness (QED) is 0.600. The van der Waals surface area contributed by atoms with Crippen LogP contribution in [0, 0.1) is 0 Å². The van der Waals surface area contributed by atoms with Gasteiger partial charge in [0.25, 0.3) is 0 Å². The van der Waals surface area contributed by atoms with E-state index < -0.39 is 0 Å². The number of aromatic nitrogens is 3. The lowest BCUT2D eigenvalue weighted by Gasteiger charge is -2.26. The van der Waals surface area contributed by atoms with E-state index in [1.54, 1.807) is 12.4 Å². The van der Waals surface area contributed by atoms with Gasteiger partial charge in [0.2, 0.25) is 5.95 Å². The zero-order valence-electron chi connectivity index (χ0n) is 16.4. The van der Waals surface area contributed by atoms with Gasteiger partial charge in [0, 0.05) is 43.2 Å². The Balaban J connectivity index is 1.48. The number of nitrogen functional groups attached to an aromatic ring is 1. The maximum Gasteiger partial charge on any atom is 0.221 e. The van der Waals surface area contributed by atoms with Gasteiger partial charge >= 0.3 is 0 Å². The number of benzene rings is 1. The third-order valence-corrected chi connectivity index (χ3v) is 4.99. The van der Waals surface area contributed by atoms with Crippen LogP contribution in [0.4, 0.5) is 11.8 Å². The molecule has 3 N–H and O–H groups in total. The highest BCUT2D eigenvalue weighted by Gasteiger charge is 2.12. The Morgan fingerprint density at radius 1 is 1.03 bits per heavy atom. The lowest BCUT2D eigenvalue weighted by molar-refractivity contribution is 0.0378. The fraction of sp³-hybridized carbons (Fsp3) is 0.318. The van der Waals surface area contributed by atoms with Crippen molar-refractivity contribution in [1.82, 2.24) is 19.9 Å². The summed E-state index contributed by atoms with van der Waals surface area (Å²) in [5, 5.41) is 3.45. The lowest BCUT2D eigenvalue weighted by atomic mass is 10.0. The third-order valence-electron chi connectivity index (χ3n) is 4.99. The number of nitrogens with zero attached hydrogens (tertiary/aromatic N) is 4. The number of hydrogen-bond acceptors (Lipinski definition) is 7. The highest BCUT2D eigenvalue weighted by atomic mass is 16.5. The molecule has 7 nitrogen and oxygen atoms in total. The van der Waals surface area contributed by atoms with E-state index in [0.717, 1.165) is 74.0 Å². The highest BCUT2D eigenvalue weighted by molar-refractivity contribution is 5.78. The predicted octanol–water partition coefficient (Wildman–Crippen LogP) is 2.92. The Morgan fingerprint density at radius 3 is 2.72 bits per heavy atom. The number of nitrogens with two attached hydrogens (primary N) is 1. The van der Waals surface area contributed by atoms with Crippen molar-refractivity contribution in [2.24, 2.45) is 0 Å². The molecule has 7 heteroatoms. The molecule has 2 aromatic heterocycles. The molecule has 0 saturated carbocycles. The molecule has 0 atom stereocenters. The zero-order chi connectivity index (χ0) is 19.9. The summed E-state index contributed by atoms with van der Waals surface area (Å²) in [5.41, 5.74) is 9.81. The van der Waals surface area contributed by atoms with Crippen molar-refractivity contribution in [2.45, 2.75) is 6.42 Å². The van der Waals surface area contributed by atoms with E-state index in [-0.39, 0.29) is 5.95 Å². The van der Waals surface area contributed by atoms with Crippen LogP contribution in [0.25, 0.3) is 22.4 Å². The summed E-state index contributed by atoms with van der Waals surface area (Å²) in [4.78, 5) is 15.5. The molecule has 1 saturated heterocycles. The number of ether oxygens (including phenoxy) is 1. The molecule has 0 amide bonds. The van der Waals surface area contributed by atoms with Crippen LogP contribution >= 0.6 is 0 Å². The molecule has 0 radical (unpaired) electrons. The monoisotopic (exact) mass is 390 g/mol. The fourth-order valence-corrected chi connectivity index (χ4v) is 3.46. The van der Waals surface area contributed by atoms with Crippen molar-refractivity contribution in [3.8, 4) is 22.4 Å². The van der Waals surface area contributed by atoms with E-state index in [1.807, 2.05) is 24.3 Å². The van der Waals surface area contributed by atoms with Crippen LogP contribution in [0.15, 0.2) is 54.9 Å². The Hall–Kier alpha value is -3.03. The van der Waals surface area contributed by atoms with E-state index in [9.17, 15) is 0 Å². The van der Waals surface area contributed by atoms with Gasteiger partial charge in [-0.25, -0.2) is 4.98 Å². The van der Waals surface area contributed by atoms with Gasteiger partial charge in [0.15, 0.2) is 0 Å². The number of rotatable bonds is 7. The number of pyridine rings is 1. The second kappa shape index (κ2) is 9.45. The minimum absolute atomic E-state index is 0.269.